The Morgan fingerprint density at radius 3 is 2.46 bits per heavy atom. The lowest BCUT2D eigenvalue weighted by atomic mass is 10.1. The quantitative estimate of drug-likeness (QED) is 0.777. The van der Waals surface area contributed by atoms with E-state index in [9.17, 15) is 18.0 Å². The van der Waals surface area contributed by atoms with Crippen LogP contribution in [0.2, 0.25) is 0 Å². The Balaban J connectivity index is 1.96. The smallest absolute Gasteiger partial charge is 0.410 e. The first-order valence-corrected chi connectivity index (χ1v) is 9.87. The van der Waals surface area contributed by atoms with Gasteiger partial charge in [-0.1, -0.05) is 0 Å². The zero-order chi connectivity index (χ0) is 18.1. The molecule has 24 heavy (non-hydrogen) atoms. The van der Waals surface area contributed by atoms with Crippen LogP contribution in [-0.2, 0) is 19.6 Å². The fraction of sp³-hybridized carbons (Fsp3) is 0.867. The standard InChI is InChI=1S/C15H27N3O5S/c1-15(2,3)23-14(20)17-7-4-5-11(6-8-17)18-10-12(9-13(18)19)24(16,21)22/h11-12H,4-10H2,1-3H3,(H2,16,21,22). The van der Waals surface area contributed by atoms with Crippen molar-refractivity contribution < 1.29 is 22.7 Å². The van der Waals surface area contributed by atoms with Gasteiger partial charge in [0.05, 0.1) is 0 Å². The molecule has 9 heteroatoms. The second-order valence-electron chi connectivity index (χ2n) is 7.51. The first-order valence-electron chi connectivity index (χ1n) is 8.26. The maximum absolute atomic E-state index is 12.2. The van der Waals surface area contributed by atoms with Crippen LogP contribution in [0.3, 0.4) is 0 Å². The van der Waals surface area contributed by atoms with Crippen LogP contribution in [0.15, 0.2) is 0 Å². The SMILES string of the molecule is CC(C)(C)OC(=O)N1CCCC(N2CC(S(N)(=O)=O)CC2=O)CC1. The Kier molecular flexibility index (Phi) is 5.44. The number of rotatable bonds is 2. The van der Waals surface area contributed by atoms with Gasteiger partial charge in [-0.15, -0.1) is 0 Å². The van der Waals surface area contributed by atoms with Gasteiger partial charge in [-0.05, 0) is 40.0 Å². The number of hydrogen-bond donors (Lipinski definition) is 1. The van der Waals surface area contributed by atoms with Crippen molar-refractivity contribution in [1.82, 2.24) is 9.80 Å². The highest BCUT2D eigenvalue weighted by Gasteiger charge is 2.40. The van der Waals surface area contributed by atoms with Crippen molar-refractivity contribution in [3.05, 3.63) is 0 Å². The van der Waals surface area contributed by atoms with Gasteiger partial charge in [0.1, 0.15) is 10.9 Å². The highest BCUT2D eigenvalue weighted by atomic mass is 32.2. The Hall–Kier alpha value is -1.35. The maximum Gasteiger partial charge on any atom is 0.410 e. The lowest BCUT2D eigenvalue weighted by Crippen LogP contribution is -2.40. The Bertz CT molecular complexity index is 599. The molecule has 2 amide bonds. The number of nitrogens with two attached hydrogens (primary N) is 1. The number of primary sulfonamides is 1. The van der Waals surface area contributed by atoms with Gasteiger partial charge in [-0.25, -0.2) is 18.4 Å². The summed E-state index contributed by atoms with van der Waals surface area (Å²) in [5.41, 5.74) is -0.545. The lowest BCUT2D eigenvalue weighted by Gasteiger charge is -2.28. The molecular formula is C15H27N3O5S. The number of ether oxygens (including phenoxy) is 1. The fourth-order valence-electron chi connectivity index (χ4n) is 3.17. The summed E-state index contributed by atoms with van der Waals surface area (Å²) in [4.78, 5) is 27.6. The monoisotopic (exact) mass is 361 g/mol. The number of hydrogen-bond acceptors (Lipinski definition) is 5. The second-order valence-corrected chi connectivity index (χ2v) is 9.36. The van der Waals surface area contributed by atoms with Crippen molar-refractivity contribution in [3.63, 3.8) is 0 Å². The number of nitrogens with zero attached hydrogens (tertiary/aromatic N) is 2. The van der Waals surface area contributed by atoms with Gasteiger partial charge >= 0.3 is 6.09 Å². The normalized spacial score (nSPS) is 26.4. The van der Waals surface area contributed by atoms with E-state index in [0.29, 0.717) is 19.5 Å². The van der Waals surface area contributed by atoms with Gasteiger partial charge in [-0.3, -0.25) is 4.79 Å². The summed E-state index contributed by atoms with van der Waals surface area (Å²) in [5, 5.41) is 4.35. The molecule has 2 saturated heterocycles. The molecule has 0 aromatic rings. The van der Waals surface area contributed by atoms with Crippen LogP contribution in [0.25, 0.3) is 0 Å². The highest BCUT2D eigenvalue weighted by Crippen LogP contribution is 2.25. The molecule has 0 radical (unpaired) electrons. The van der Waals surface area contributed by atoms with E-state index in [4.69, 9.17) is 9.88 Å². The van der Waals surface area contributed by atoms with Crippen LogP contribution in [0.1, 0.15) is 46.5 Å². The summed E-state index contributed by atoms with van der Waals surface area (Å²) in [6, 6.07) is -0.0586. The molecule has 138 valence electrons. The van der Waals surface area contributed by atoms with Crippen molar-refractivity contribution >= 4 is 22.0 Å². The molecule has 2 rings (SSSR count). The molecule has 0 aliphatic carbocycles. The zero-order valence-electron chi connectivity index (χ0n) is 14.5. The Labute approximate surface area is 143 Å². The molecule has 2 fully saturated rings. The van der Waals surface area contributed by atoms with Crippen LogP contribution in [-0.4, -0.2) is 66.7 Å². The Morgan fingerprint density at radius 1 is 1.25 bits per heavy atom. The highest BCUT2D eigenvalue weighted by molar-refractivity contribution is 7.89. The molecule has 0 spiro atoms. The minimum atomic E-state index is -3.71. The summed E-state index contributed by atoms with van der Waals surface area (Å²) in [5.74, 6) is -0.176. The van der Waals surface area contributed by atoms with Crippen LogP contribution < -0.4 is 5.14 Å². The molecule has 2 aliphatic heterocycles. The predicted octanol–water partition coefficient (Wildman–Crippen LogP) is 0.665. The third-order valence-corrected chi connectivity index (χ3v) is 5.62. The van der Waals surface area contributed by atoms with Gasteiger partial charge < -0.3 is 14.5 Å². The van der Waals surface area contributed by atoms with Crippen LogP contribution in [0.5, 0.6) is 0 Å². The third-order valence-electron chi connectivity index (χ3n) is 4.38. The van der Waals surface area contributed by atoms with E-state index in [2.05, 4.69) is 0 Å². The predicted molar refractivity (Wildman–Crippen MR) is 88.7 cm³/mol. The first-order chi connectivity index (χ1) is 11.0. The lowest BCUT2D eigenvalue weighted by molar-refractivity contribution is -0.129. The van der Waals surface area contributed by atoms with E-state index >= 15 is 0 Å². The third kappa shape index (κ3) is 4.83. The number of carbonyl (C=O) groups excluding carboxylic acids is 2. The van der Waals surface area contributed by atoms with E-state index in [1.165, 1.54) is 0 Å². The molecule has 0 bridgehead atoms. The van der Waals surface area contributed by atoms with Crippen molar-refractivity contribution in [3.8, 4) is 0 Å². The van der Waals surface area contributed by atoms with Gasteiger partial charge in [0, 0.05) is 32.1 Å². The van der Waals surface area contributed by atoms with E-state index in [0.717, 1.165) is 12.8 Å². The molecular weight excluding hydrogens is 334 g/mol. The van der Waals surface area contributed by atoms with Crippen LogP contribution in [0, 0.1) is 0 Å². The molecule has 0 aromatic heterocycles. The van der Waals surface area contributed by atoms with Crippen molar-refractivity contribution in [2.75, 3.05) is 19.6 Å². The Morgan fingerprint density at radius 2 is 1.92 bits per heavy atom. The fourth-order valence-corrected chi connectivity index (χ4v) is 3.91. The number of likely N-dealkylation sites (tertiary alicyclic amines) is 2. The topological polar surface area (TPSA) is 110 Å². The zero-order valence-corrected chi connectivity index (χ0v) is 15.3. The molecule has 0 saturated carbocycles. The molecule has 2 aliphatic rings. The average Bonchev–Trinajstić information content (AvgIpc) is 2.67. The minimum Gasteiger partial charge on any atom is -0.444 e. The molecule has 8 nitrogen and oxygen atoms in total. The molecule has 2 N–H and O–H groups in total. The number of carbonyl (C=O) groups is 2. The van der Waals surface area contributed by atoms with Crippen LogP contribution in [0.4, 0.5) is 4.79 Å². The largest absolute Gasteiger partial charge is 0.444 e. The van der Waals surface area contributed by atoms with E-state index in [1.807, 2.05) is 20.8 Å². The molecule has 2 unspecified atom stereocenters. The molecule has 2 heterocycles. The van der Waals surface area contributed by atoms with Gasteiger partial charge in [-0.2, -0.15) is 0 Å². The first kappa shape index (κ1) is 19.0. The summed E-state index contributed by atoms with van der Waals surface area (Å²) in [6.07, 6.45) is 1.70. The molecule has 2 atom stereocenters. The summed E-state index contributed by atoms with van der Waals surface area (Å²) in [6.45, 7) is 6.68. The van der Waals surface area contributed by atoms with Gasteiger partial charge in [0.15, 0.2) is 0 Å². The molecule has 0 aromatic carbocycles. The number of amides is 2. The maximum atomic E-state index is 12.2. The van der Waals surface area contributed by atoms with E-state index in [-0.39, 0.29) is 31.0 Å². The average molecular weight is 361 g/mol. The summed E-state index contributed by atoms with van der Waals surface area (Å²) in [7, 11) is -3.71. The van der Waals surface area contributed by atoms with Crippen molar-refractivity contribution in [2.24, 2.45) is 5.14 Å². The summed E-state index contributed by atoms with van der Waals surface area (Å²) < 4.78 is 28.3. The van der Waals surface area contributed by atoms with E-state index < -0.39 is 20.9 Å². The number of sulfonamides is 1. The summed E-state index contributed by atoms with van der Waals surface area (Å²) >= 11 is 0. The van der Waals surface area contributed by atoms with Gasteiger partial charge in [0.25, 0.3) is 0 Å². The van der Waals surface area contributed by atoms with Crippen molar-refractivity contribution in [1.29, 1.82) is 0 Å². The minimum absolute atomic E-state index is 0.0505. The second kappa shape index (κ2) is 6.87. The van der Waals surface area contributed by atoms with E-state index in [1.54, 1.807) is 9.80 Å². The van der Waals surface area contributed by atoms with Crippen LogP contribution >= 0.6 is 0 Å². The van der Waals surface area contributed by atoms with Gasteiger partial charge in [0.2, 0.25) is 15.9 Å². The van der Waals surface area contributed by atoms with Crippen molar-refractivity contribution in [2.45, 2.75) is 63.3 Å².